The van der Waals surface area contributed by atoms with Crippen LogP contribution in [0.15, 0.2) is 48.8 Å². The number of benzene rings is 2. The Morgan fingerprint density at radius 2 is 1.89 bits per heavy atom. The molecular formula is C27H22Cl2N4O2. The van der Waals surface area contributed by atoms with Gasteiger partial charge in [0.1, 0.15) is 17.6 Å². The van der Waals surface area contributed by atoms with E-state index in [1.165, 1.54) is 0 Å². The van der Waals surface area contributed by atoms with Crippen LogP contribution in [0.4, 0.5) is 5.69 Å². The number of aromatic nitrogens is 3. The number of pyridine rings is 1. The molecule has 2 aliphatic heterocycles. The largest absolute Gasteiger partial charge is 0.496 e. The number of carbonyl (C=O) groups is 1. The molecule has 0 saturated carbocycles. The molecule has 0 bridgehead atoms. The number of fused-ring (bicyclic) bond motifs is 8. The summed E-state index contributed by atoms with van der Waals surface area (Å²) in [5.74, 6) is 1.16. The lowest BCUT2D eigenvalue weighted by Gasteiger charge is -2.36. The van der Waals surface area contributed by atoms with E-state index in [4.69, 9.17) is 32.9 Å². The maximum Gasteiger partial charge on any atom is 0.279 e. The Labute approximate surface area is 213 Å². The van der Waals surface area contributed by atoms with Crippen molar-refractivity contribution in [2.75, 3.05) is 12.0 Å². The zero-order chi connectivity index (χ0) is 24.6. The average molecular weight is 505 g/mol. The molecule has 2 aromatic carbocycles. The fourth-order valence-electron chi connectivity index (χ4n) is 5.40. The van der Waals surface area contributed by atoms with E-state index in [0.717, 1.165) is 39.2 Å². The number of aryl methyl sites for hydroxylation is 1. The first-order valence-corrected chi connectivity index (χ1v) is 12.1. The van der Waals surface area contributed by atoms with E-state index >= 15 is 0 Å². The van der Waals surface area contributed by atoms with Gasteiger partial charge in [0.2, 0.25) is 0 Å². The van der Waals surface area contributed by atoms with Crippen LogP contribution in [-0.4, -0.2) is 27.6 Å². The van der Waals surface area contributed by atoms with Crippen LogP contribution in [0.2, 0.25) is 10.0 Å². The van der Waals surface area contributed by atoms with Gasteiger partial charge in [0.25, 0.3) is 5.91 Å². The lowest BCUT2D eigenvalue weighted by molar-refractivity contribution is 0.0989. The van der Waals surface area contributed by atoms with Gasteiger partial charge in [-0.05, 0) is 61.7 Å². The maximum atomic E-state index is 14.0. The molecule has 0 fully saturated rings. The summed E-state index contributed by atoms with van der Waals surface area (Å²) in [6.45, 7) is 6.17. The molecule has 8 heteroatoms. The third-order valence-corrected chi connectivity index (χ3v) is 7.34. The number of halogens is 2. The van der Waals surface area contributed by atoms with Gasteiger partial charge >= 0.3 is 0 Å². The van der Waals surface area contributed by atoms with Crippen LogP contribution < -0.4 is 9.64 Å². The molecule has 35 heavy (non-hydrogen) atoms. The van der Waals surface area contributed by atoms with Crippen molar-refractivity contribution < 1.29 is 9.53 Å². The van der Waals surface area contributed by atoms with Crippen molar-refractivity contribution in [2.24, 2.45) is 0 Å². The Balaban J connectivity index is 1.69. The number of ether oxygens (including phenoxy) is 1. The van der Waals surface area contributed by atoms with E-state index in [1.807, 2.05) is 42.2 Å². The zero-order valence-electron chi connectivity index (χ0n) is 19.6. The average Bonchev–Trinajstić information content (AvgIpc) is 3.36. The number of amides is 1. The highest BCUT2D eigenvalue weighted by molar-refractivity contribution is 6.35. The molecule has 6 rings (SSSR count). The van der Waals surface area contributed by atoms with Crippen molar-refractivity contribution in [2.45, 2.75) is 32.9 Å². The van der Waals surface area contributed by atoms with Gasteiger partial charge in [-0.3, -0.25) is 14.7 Å². The second kappa shape index (κ2) is 7.83. The summed E-state index contributed by atoms with van der Waals surface area (Å²) < 4.78 is 7.72. The number of anilines is 1. The quantitative estimate of drug-likeness (QED) is 0.305. The number of carbonyl (C=O) groups excluding carboxylic acids is 1. The number of hydrogen-bond donors (Lipinski definition) is 0. The van der Waals surface area contributed by atoms with Gasteiger partial charge in [0.05, 0.1) is 29.1 Å². The Hall–Kier alpha value is -3.35. The summed E-state index contributed by atoms with van der Waals surface area (Å²) in [6.07, 6.45) is 3.40. The molecule has 0 N–H and O–H groups in total. The third kappa shape index (κ3) is 3.00. The van der Waals surface area contributed by atoms with Crippen molar-refractivity contribution in [3.05, 3.63) is 81.4 Å². The van der Waals surface area contributed by atoms with Crippen molar-refractivity contribution in [3.8, 4) is 28.3 Å². The van der Waals surface area contributed by atoms with Gasteiger partial charge in [-0.1, -0.05) is 35.3 Å². The topological polar surface area (TPSA) is 60.3 Å². The molecular weight excluding hydrogens is 483 g/mol. The SMILES string of the molecule is COc1ccncc1-c1nc2c(n1C(C)C)C1c3ccc(Cl)cc3-c3c(Cl)ccc(C)c3N1C2=O. The predicted molar refractivity (Wildman–Crippen MR) is 138 cm³/mol. The Morgan fingerprint density at radius 1 is 1.09 bits per heavy atom. The van der Waals surface area contributed by atoms with Gasteiger partial charge < -0.3 is 9.30 Å². The first kappa shape index (κ1) is 22.1. The highest BCUT2D eigenvalue weighted by atomic mass is 35.5. The van der Waals surface area contributed by atoms with E-state index in [2.05, 4.69) is 23.4 Å². The lowest BCUT2D eigenvalue weighted by Crippen LogP contribution is -2.34. The smallest absolute Gasteiger partial charge is 0.279 e. The number of rotatable bonds is 3. The standard InChI is InChI=1S/C27H22Cl2N4O2/c1-13(2)32-25-22(31-26(32)18-12-30-10-9-20(18)35-4)27(34)33-23-14(3)5-8-19(29)21(23)17-11-15(28)6-7-16(17)24(25)33/h5-13,24H,1-4H3. The molecule has 2 aromatic heterocycles. The molecule has 6 nitrogen and oxygen atoms in total. The van der Waals surface area contributed by atoms with Gasteiger partial charge in [-0.2, -0.15) is 0 Å². The molecule has 2 aliphatic rings. The number of methoxy groups -OCH3 is 1. The van der Waals surface area contributed by atoms with Gasteiger partial charge in [-0.15, -0.1) is 0 Å². The van der Waals surface area contributed by atoms with Gasteiger partial charge in [0.15, 0.2) is 5.69 Å². The molecule has 1 atom stereocenters. The monoisotopic (exact) mass is 504 g/mol. The molecule has 0 aliphatic carbocycles. The molecule has 0 radical (unpaired) electrons. The van der Waals surface area contributed by atoms with Crippen molar-refractivity contribution in [3.63, 3.8) is 0 Å². The normalized spacial score (nSPS) is 15.7. The summed E-state index contributed by atoms with van der Waals surface area (Å²) in [4.78, 5) is 25.1. The van der Waals surface area contributed by atoms with Gasteiger partial charge in [-0.25, -0.2) is 4.98 Å². The predicted octanol–water partition coefficient (Wildman–Crippen LogP) is 6.88. The highest BCUT2D eigenvalue weighted by Crippen LogP contribution is 2.56. The Morgan fingerprint density at radius 3 is 2.63 bits per heavy atom. The molecule has 1 amide bonds. The van der Waals surface area contributed by atoms with Gasteiger partial charge in [0, 0.05) is 29.0 Å². The van der Waals surface area contributed by atoms with Crippen molar-refractivity contribution in [1.29, 1.82) is 0 Å². The molecule has 4 aromatic rings. The zero-order valence-corrected chi connectivity index (χ0v) is 21.1. The maximum absolute atomic E-state index is 14.0. The molecule has 176 valence electrons. The van der Waals surface area contributed by atoms with Crippen molar-refractivity contribution in [1.82, 2.24) is 14.5 Å². The Kier molecular flexibility index (Phi) is 4.95. The summed E-state index contributed by atoms with van der Waals surface area (Å²) in [5, 5.41) is 1.20. The molecule has 4 heterocycles. The Bertz CT molecular complexity index is 1540. The van der Waals surface area contributed by atoms with E-state index in [1.54, 1.807) is 25.6 Å². The fourth-order valence-corrected chi connectivity index (χ4v) is 5.82. The van der Waals surface area contributed by atoms with E-state index < -0.39 is 0 Å². The van der Waals surface area contributed by atoms with Crippen LogP contribution in [-0.2, 0) is 0 Å². The summed E-state index contributed by atoms with van der Waals surface area (Å²) in [7, 11) is 1.62. The fraction of sp³-hybridized carbons (Fsp3) is 0.222. The van der Waals surface area contributed by atoms with Crippen LogP contribution in [0.25, 0.3) is 22.5 Å². The third-order valence-electron chi connectivity index (χ3n) is 6.79. The molecule has 0 spiro atoms. The number of imidazole rings is 1. The van der Waals surface area contributed by atoms with Crippen LogP contribution in [0.3, 0.4) is 0 Å². The summed E-state index contributed by atoms with van der Waals surface area (Å²) in [6, 6.07) is 11.1. The van der Waals surface area contributed by atoms with Crippen LogP contribution in [0.1, 0.15) is 53.2 Å². The number of nitrogens with zero attached hydrogens (tertiary/aromatic N) is 4. The summed E-state index contributed by atoms with van der Waals surface area (Å²) in [5.41, 5.74) is 6.50. The van der Waals surface area contributed by atoms with E-state index in [-0.39, 0.29) is 18.0 Å². The molecule has 0 saturated heterocycles. The number of hydrogen-bond acceptors (Lipinski definition) is 4. The van der Waals surface area contributed by atoms with Crippen LogP contribution >= 0.6 is 23.2 Å². The minimum atomic E-state index is -0.360. The minimum Gasteiger partial charge on any atom is -0.496 e. The van der Waals surface area contributed by atoms with E-state index in [0.29, 0.717) is 27.3 Å². The first-order chi connectivity index (χ1) is 16.8. The van der Waals surface area contributed by atoms with E-state index in [9.17, 15) is 4.79 Å². The highest BCUT2D eigenvalue weighted by Gasteiger charge is 2.49. The van der Waals surface area contributed by atoms with Crippen LogP contribution in [0.5, 0.6) is 5.75 Å². The first-order valence-electron chi connectivity index (χ1n) is 11.4. The lowest BCUT2D eigenvalue weighted by atomic mass is 9.86. The van der Waals surface area contributed by atoms with Crippen LogP contribution in [0, 0.1) is 6.92 Å². The molecule has 1 unspecified atom stereocenters. The van der Waals surface area contributed by atoms with Crippen molar-refractivity contribution >= 4 is 34.8 Å². The summed E-state index contributed by atoms with van der Waals surface area (Å²) >= 11 is 13.2. The second-order valence-corrected chi connectivity index (χ2v) is 9.95. The minimum absolute atomic E-state index is 0.0246. The second-order valence-electron chi connectivity index (χ2n) is 9.11.